The third-order valence-electron chi connectivity index (χ3n) is 3.83. The van der Waals surface area contributed by atoms with Gasteiger partial charge in [0.1, 0.15) is 4.90 Å². The largest absolute Gasteiger partial charge is 0.274 e. The molecule has 0 aromatic carbocycles. The fourth-order valence-electron chi connectivity index (χ4n) is 2.55. The van der Waals surface area contributed by atoms with Gasteiger partial charge in [-0.15, -0.1) is 11.3 Å². The highest BCUT2D eigenvalue weighted by atomic mass is 32.2. The Bertz CT molecular complexity index is 748. The predicted molar refractivity (Wildman–Crippen MR) is 81.9 cm³/mol. The summed E-state index contributed by atoms with van der Waals surface area (Å²) in [6, 6.07) is 0. The molecule has 6 nitrogen and oxygen atoms in total. The van der Waals surface area contributed by atoms with Crippen molar-refractivity contribution in [3.63, 3.8) is 0 Å². The minimum atomic E-state index is -3.60. The summed E-state index contributed by atoms with van der Waals surface area (Å²) < 4.78 is 28.5. The highest BCUT2D eigenvalue weighted by molar-refractivity contribution is 7.93. The van der Waals surface area contributed by atoms with Gasteiger partial charge in [-0.25, -0.2) is 13.4 Å². The molecule has 0 unspecified atom stereocenters. The van der Waals surface area contributed by atoms with Crippen molar-refractivity contribution in [2.24, 2.45) is 13.0 Å². The molecule has 1 N–H and O–H groups in total. The summed E-state index contributed by atoms with van der Waals surface area (Å²) in [7, 11) is -1.91. The lowest BCUT2D eigenvalue weighted by Crippen LogP contribution is -2.12. The first kappa shape index (κ1) is 14.5. The summed E-state index contributed by atoms with van der Waals surface area (Å²) in [4.78, 5) is 5.81. The lowest BCUT2D eigenvalue weighted by molar-refractivity contribution is 0.446. The molecule has 2 aromatic heterocycles. The first-order chi connectivity index (χ1) is 9.98. The van der Waals surface area contributed by atoms with Crippen molar-refractivity contribution in [3.8, 4) is 0 Å². The quantitative estimate of drug-likeness (QED) is 0.934. The van der Waals surface area contributed by atoms with Gasteiger partial charge in [0.25, 0.3) is 10.0 Å². The summed E-state index contributed by atoms with van der Waals surface area (Å²) in [6.45, 7) is 2.20. The van der Waals surface area contributed by atoms with Crippen LogP contribution in [0.5, 0.6) is 0 Å². The number of hydrogen-bond acceptors (Lipinski definition) is 5. The number of sulfonamides is 1. The smallest absolute Gasteiger partial charge is 0.266 e. The zero-order valence-corrected chi connectivity index (χ0v) is 13.7. The van der Waals surface area contributed by atoms with E-state index in [0.29, 0.717) is 11.0 Å². The Hall–Kier alpha value is -1.41. The fraction of sp³-hybridized carbons (Fsp3) is 0.538. The third-order valence-corrected chi connectivity index (χ3v) is 6.29. The summed E-state index contributed by atoms with van der Waals surface area (Å²) in [5.41, 5.74) is 1.05. The van der Waals surface area contributed by atoms with Crippen LogP contribution in [-0.2, 0) is 29.9 Å². The molecule has 0 fully saturated rings. The Balaban J connectivity index is 1.81. The van der Waals surface area contributed by atoms with E-state index in [1.807, 2.05) is 0 Å². The highest BCUT2D eigenvalue weighted by Gasteiger charge is 2.24. The maximum atomic E-state index is 12.3. The molecule has 8 heteroatoms. The summed E-state index contributed by atoms with van der Waals surface area (Å²) in [6.07, 6.45) is 7.07. The summed E-state index contributed by atoms with van der Waals surface area (Å²) >= 11 is 1.45. The number of nitrogens with one attached hydrogen (secondary N) is 1. The number of thiazole rings is 1. The van der Waals surface area contributed by atoms with Crippen LogP contribution in [0.25, 0.3) is 0 Å². The Morgan fingerprint density at radius 1 is 1.52 bits per heavy atom. The Labute approximate surface area is 128 Å². The molecule has 114 valence electrons. The minimum absolute atomic E-state index is 0.157. The van der Waals surface area contributed by atoms with Gasteiger partial charge < -0.3 is 0 Å². The second-order valence-electron chi connectivity index (χ2n) is 5.36. The Morgan fingerprint density at radius 3 is 3.00 bits per heavy atom. The lowest BCUT2D eigenvalue weighted by atomic mass is 9.89. The molecule has 0 saturated heterocycles. The predicted octanol–water partition coefficient (Wildman–Crippen LogP) is 2.19. The van der Waals surface area contributed by atoms with E-state index in [4.69, 9.17) is 0 Å². The molecule has 0 amide bonds. The van der Waals surface area contributed by atoms with Gasteiger partial charge in [-0.3, -0.25) is 9.40 Å². The standard InChI is InChI=1S/C13H18N4O2S2/c1-3-9-4-5-11-12(6-9)20-13(15-11)16-21(18,19)10-7-14-17(2)8-10/h7-9H,3-6H2,1-2H3,(H,15,16)/t9-/m0/s1. The second kappa shape index (κ2) is 5.42. The van der Waals surface area contributed by atoms with E-state index >= 15 is 0 Å². The van der Waals surface area contributed by atoms with Gasteiger partial charge in [0.05, 0.1) is 11.9 Å². The first-order valence-electron chi connectivity index (χ1n) is 6.98. The van der Waals surface area contributed by atoms with E-state index in [0.717, 1.165) is 31.4 Å². The molecule has 0 bridgehead atoms. The highest BCUT2D eigenvalue weighted by Crippen LogP contribution is 2.34. The number of hydrogen-bond donors (Lipinski definition) is 1. The summed E-state index contributed by atoms with van der Waals surface area (Å²) in [5, 5.41) is 4.35. The van der Waals surface area contributed by atoms with Gasteiger partial charge in [0, 0.05) is 18.1 Å². The van der Waals surface area contributed by atoms with E-state index < -0.39 is 10.0 Å². The van der Waals surface area contributed by atoms with Gasteiger partial charge in [0.2, 0.25) is 0 Å². The average Bonchev–Trinajstić information content (AvgIpc) is 3.03. The van der Waals surface area contributed by atoms with Crippen molar-refractivity contribution in [2.45, 2.75) is 37.5 Å². The number of fused-ring (bicyclic) bond motifs is 1. The van der Waals surface area contributed by atoms with Crippen LogP contribution in [-0.4, -0.2) is 23.2 Å². The third kappa shape index (κ3) is 2.96. The number of aromatic nitrogens is 3. The maximum Gasteiger partial charge on any atom is 0.266 e. The zero-order chi connectivity index (χ0) is 15.0. The Morgan fingerprint density at radius 2 is 2.33 bits per heavy atom. The lowest BCUT2D eigenvalue weighted by Gasteiger charge is -2.18. The van der Waals surface area contributed by atoms with Gasteiger partial charge in [-0.1, -0.05) is 13.3 Å². The van der Waals surface area contributed by atoms with Crippen LogP contribution in [0, 0.1) is 5.92 Å². The van der Waals surface area contributed by atoms with Crippen molar-refractivity contribution in [1.82, 2.24) is 14.8 Å². The monoisotopic (exact) mass is 326 g/mol. The molecule has 0 aliphatic heterocycles. The Kier molecular flexibility index (Phi) is 3.75. The van der Waals surface area contributed by atoms with E-state index in [2.05, 4.69) is 21.7 Å². The van der Waals surface area contributed by atoms with E-state index in [9.17, 15) is 8.42 Å². The molecule has 21 heavy (non-hydrogen) atoms. The number of rotatable bonds is 4. The minimum Gasteiger partial charge on any atom is -0.274 e. The van der Waals surface area contributed by atoms with E-state index in [1.165, 1.54) is 33.3 Å². The normalized spacial score (nSPS) is 18.5. The van der Waals surface area contributed by atoms with Crippen LogP contribution in [0.4, 0.5) is 5.13 Å². The number of nitrogens with zero attached hydrogens (tertiary/aromatic N) is 3. The molecule has 0 saturated carbocycles. The van der Waals surface area contributed by atoms with Crippen LogP contribution in [0.2, 0.25) is 0 Å². The molecule has 1 atom stereocenters. The fourth-order valence-corrected chi connectivity index (χ4v) is 4.89. The van der Waals surface area contributed by atoms with E-state index in [-0.39, 0.29) is 4.90 Å². The number of aryl methyl sites for hydroxylation is 2. The molecule has 0 spiro atoms. The topological polar surface area (TPSA) is 76.9 Å². The molecule has 2 aromatic rings. The molecule has 3 rings (SSSR count). The van der Waals surface area contributed by atoms with Crippen molar-refractivity contribution in [1.29, 1.82) is 0 Å². The van der Waals surface area contributed by atoms with Crippen LogP contribution in [0.15, 0.2) is 17.3 Å². The molecule has 0 radical (unpaired) electrons. The second-order valence-corrected chi connectivity index (χ2v) is 8.13. The average molecular weight is 326 g/mol. The maximum absolute atomic E-state index is 12.3. The first-order valence-corrected chi connectivity index (χ1v) is 9.28. The van der Waals surface area contributed by atoms with Crippen LogP contribution < -0.4 is 4.72 Å². The zero-order valence-electron chi connectivity index (χ0n) is 12.0. The van der Waals surface area contributed by atoms with Crippen LogP contribution >= 0.6 is 11.3 Å². The molecule has 2 heterocycles. The van der Waals surface area contributed by atoms with E-state index in [1.54, 1.807) is 7.05 Å². The van der Waals surface area contributed by atoms with Crippen LogP contribution in [0.3, 0.4) is 0 Å². The van der Waals surface area contributed by atoms with Gasteiger partial charge in [0.15, 0.2) is 5.13 Å². The van der Waals surface area contributed by atoms with Gasteiger partial charge in [-0.2, -0.15) is 5.10 Å². The molecular formula is C13H18N4O2S2. The van der Waals surface area contributed by atoms with Crippen molar-refractivity contribution in [3.05, 3.63) is 23.0 Å². The molecule has 1 aliphatic carbocycles. The van der Waals surface area contributed by atoms with Crippen molar-refractivity contribution in [2.75, 3.05) is 4.72 Å². The van der Waals surface area contributed by atoms with Crippen molar-refractivity contribution >= 4 is 26.5 Å². The van der Waals surface area contributed by atoms with Crippen molar-refractivity contribution < 1.29 is 8.42 Å². The van der Waals surface area contributed by atoms with Gasteiger partial charge in [-0.05, 0) is 25.2 Å². The van der Waals surface area contributed by atoms with Gasteiger partial charge >= 0.3 is 0 Å². The molecule has 1 aliphatic rings. The summed E-state index contributed by atoms with van der Waals surface area (Å²) in [5.74, 6) is 0.695. The SMILES string of the molecule is CC[C@H]1CCc2nc(NS(=O)(=O)c3cnn(C)c3)sc2C1. The number of anilines is 1. The van der Waals surface area contributed by atoms with Crippen LogP contribution in [0.1, 0.15) is 30.3 Å². The molecular weight excluding hydrogens is 308 g/mol.